The summed E-state index contributed by atoms with van der Waals surface area (Å²) in [5.74, 6) is -11.2. The van der Waals surface area contributed by atoms with Crippen LogP contribution < -0.4 is 41.7 Å². The van der Waals surface area contributed by atoms with Crippen molar-refractivity contribution < 1.29 is 78.9 Å². The van der Waals surface area contributed by atoms with E-state index in [9.17, 15) is 78.9 Å². The summed E-state index contributed by atoms with van der Waals surface area (Å²) in [6, 6.07) is -1.13. The van der Waals surface area contributed by atoms with Gasteiger partial charge in [0.15, 0.2) is 11.5 Å². The summed E-state index contributed by atoms with van der Waals surface area (Å²) in [4.78, 5) is 117. The number of aromatic hydroxyl groups is 2. The fourth-order valence-electron chi connectivity index (χ4n) is 7.51. The van der Waals surface area contributed by atoms with Crippen molar-refractivity contribution in [2.24, 2.45) is 0 Å². The summed E-state index contributed by atoms with van der Waals surface area (Å²) in [7, 11) is 3.76. The molecule has 70 heavy (non-hydrogen) atoms. The van der Waals surface area contributed by atoms with Crippen LogP contribution in [0.3, 0.4) is 0 Å². The monoisotopic (exact) mass is 1010 g/mol. The Morgan fingerprint density at radius 1 is 0.786 bits per heavy atom. The SMILES string of the molecule is CCCCCCCC(O)CC(O)(C(=O)O)C(=O)NC(C)C(=O)NCCC(O)(C(=O)O)C(=O)NC(C)c1nc(C(=O)NCC(=O)NC(C)C(=O)NCC(=O)NC2Cc3cc(O)c(O)cc3[N+](C)(C)C2)cs1. The lowest BCUT2D eigenvalue weighted by Gasteiger charge is -2.39. The maximum absolute atomic E-state index is 13.1. The number of unbranched alkanes of at least 4 members (excludes halogenated alkanes) is 4. The van der Waals surface area contributed by atoms with E-state index < -0.39 is 121 Å². The number of hydrogen-bond donors (Lipinski definition) is 14. The first-order valence-electron chi connectivity index (χ1n) is 22.6. The highest BCUT2D eigenvalue weighted by molar-refractivity contribution is 7.09. The quantitative estimate of drug-likeness (QED) is 0.0202. The lowest BCUT2D eigenvalue weighted by Crippen LogP contribution is -2.58. The molecule has 2 heterocycles. The molecule has 1 aliphatic rings. The smallest absolute Gasteiger partial charge is 0.345 e. The van der Waals surface area contributed by atoms with Crippen LogP contribution in [0, 0.1) is 0 Å². The van der Waals surface area contributed by atoms with Crippen molar-refractivity contribution in [1.82, 2.24) is 46.7 Å². The number of nitrogens with one attached hydrogen (secondary N) is 7. The van der Waals surface area contributed by atoms with Crippen LogP contribution in [0.1, 0.15) is 106 Å². The van der Waals surface area contributed by atoms with E-state index in [2.05, 4.69) is 36.9 Å². The third-order valence-electron chi connectivity index (χ3n) is 11.6. The maximum Gasteiger partial charge on any atom is 0.345 e. The molecular formula is C44H66N9O16S+. The average Bonchev–Trinajstić information content (AvgIpc) is 3.78. The van der Waals surface area contributed by atoms with Crippen LogP contribution in [-0.2, 0) is 44.8 Å². The molecule has 0 spiro atoms. The number of carboxylic acids is 2. The van der Waals surface area contributed by atoms with Gasteiger partial charge in [0.25, 0.3) is 17.7 Å². The molecule has 0 saturated heterocycles. The number of fused-ring (bicyclic) bond motifs is 1. The normalized spacial score (nSPS) is 17.3. The highest BCUT2D eigenvalue weighted by Gasteiger charge is 2.47. The number of phenolic OH excluding ortho intramolecular Hbond substituents is 2. The molecule has 0 saturated carbocycles. The number of aliphatic hydroxyl groups excluding tert-OH is 1. The third kappa shape index (κ3) is 16.0. The minimum Gasteiger partial charge on any atom is -0.504 e. The zero-order chi connectivity index (χ0) is 52.7. The van der Waals surface area contributed by atoms with E-state index in [1.54, 1.807) is 0 Å². The number of amides is 7. The number of aromatic nitrogens is 1. The second kappa shape index (κ2) is 25.4. The minimum atomic E-state index is -3.12. The molecule has 0 bridgehead atoms. The Balaban J connectivity index is 1.43. The van der Waals surface area contributed by atoms with Crippen LogP contribution in [0.5, 0.6) is 11.5 Å². The number of carbonyl (C=O) groups excluding carboxylic acids is 7. The maximum atomic E-state index is 13.1. The number of aliphatic carboxylic acids is 2. The van der Waals surface area contributed by atoms with Gasteiger partial charge in [0.05, 0.1) is 45.4 Å². The topological polar surface area (TPSA) is 392 Å². The summed E-state index contributed by atoms with van der Waals surface area (Å²) >= 11 is 0.872. The van der Waals surface area contributed by atoms with Gasteiger partial charge in [-0.1, -0.05) is 39.0 Å². The highest BCUT2D eigenvalue weighted by Crippen LogP contribution is 2.38. The first kappa shape index (κ1) is 57.8. The number of aliphatic hydroxyl groups is 3. The fraction of sp³-hybridized carbons (Fsp3) is 0.591. The summed E-state index contributed by atoms with van der Waals surface area (Å²) in [5, 5.41) is 89.0. The molecule has 14 N–H and O–H groups in total. The zero-order valence-electron chi connectivity index (χ0n) is 39.9. The average molecular weight is 1010 g/mol. The Labute approximate surface area is 407 Å². The molecular weight excluding hydrogens is 943 g/mol. The lowest BCUT2D eigenvalue weighted by atomic mass is 9.92. The van der Waals surface area contributed by atoms with Crippen LogP contribution in [0.15, 0.2) is 17.5 Å². The Morgan fingerprint density at radius 2 is 1.37 bits per heavy atom. The molecule has 7 atom stereocenters. The molecule has 1 aromatic heterocycles. The van der Waals surface area contributed by atoms with Crippen LogP contribution in [0.4, 0.5) is 5.69 Å². The van der Waals surface area contributed by atoms with E-state index in [-0.39, 0.29) is 34.7 Å². The number of nitrogens with zero attached hydrogens (tertiary/aromatic N) is 2. The van der Waals surface area contributed by atoms with Crippen LogP contribution >= 0.6 is 11.3 Å². The Bertz CT molecular complexity index is 2260. The van der Waals surface area contributed by atoms with Crippen LogP contribution in [0.25, 0.3) is 0 Å². The van der Waals surface area contributed by atoms with Gasteiger partial charge >= 0.3 is 11.9 Å². The van der Waals surface area contributed by atoms with Gasteiger partial charge in [0.1, 0.15) is 35.0 Å². The first-order valence-corrected chi connectivity index (χ1v) is 23.5. The minimum absolute atomic E-state index is 0.0827. The van der Waals surface area contributed by atoms with Crippen molar-refractivity contribution in [3.05, 3.63) is 33.8 Å². The lowest BCUT2D eigenvalue weighted by molar-refractivity contribution is -0.170. The number of hydrogen-bond acceptors (Lipinski definition) is 16. The van der Waals surface area contributed by atoms with E-state index >= 15 is 0 Å². The molecule has 0 aliphatic carbocycles. The van der Waals surface area contributed by atoms with Gasteiger partial charge in [-0.3, -0.25) is 38.0 Å². The Hall–Kier alpha value is -6.48. The van der Waals surface area contributed by atoms with Crippen LogP contribution in [0.2, 0.25) is 0 Å². The Kier molecular flexibility index (Phi) is 21.0. The number of benzene rings is 1. The van der Waals surface area contributed by atoms with Gasteiger partial charge < -0.3 is 73.0 Å². The van der Waals surface area contributed by atoms with Crippen molar-refractivity contribution >= 4 is 70.3 Å². The van der Waals surface area contributed by atoms with Gasteiger partial charge in [-0.2, -0.15) is 0 Å². The summed E-state index contributed by atoms with van der Waals surface area (Å²) in [6.07, 6.45) is 1.58. The van der Waals surface area contributed by atoms with E-state index in [1.807, 2.05) is 26.3 Å². The zero-order valence-corrected chi connectivity index (χ0v) is 40.7. The number of thiazole rings is 1. The molecule has 0 fully saturated rings. The van der Waals surface area contributed by atoms with Crippen molar-refractivity contribution in [2.75, 3.05) is 40.3 Å². The fourth-order valence-corrected chi connectivity index (χ4v) is 8.32. The molecule has 0 radical (unpaired) electrons. The van der Waals surface area contributed by atoms with Crippen molar-refractivity contribution in [3.8, 4) is 11.5 Å². The van der Waals surface area contributed by atoms with Gasteiger partial charge in [0.2, 0.25) is 34.8 Å². The van der Waals surface area contributed by atoms with Gasteiger partial charge in [-0.25, -0.2) is 14.6 Å². The second-order valence-electron chi connectivity index (χ2n) is 17.9. The molecule has 7 amide bonds. The predicted molar refractivity (Wildman–Crippen MR) is 250 cm³/mol. The number of quaternary nitrogens is 1. The van der Waals surface area contributed by atoms with Gasteiger partial charge in [-0.05, 0) is 33.3 Å². The van der Waals surface area contributed by atoms with E-state index in [1.165, 1.54) is 31.4 Å². The molecule has 388 valence electrons. The third-order valence-corrected chi connectivity index (χ3v) is 12.6. The summed E-state index contributed by atoms with van der Waals surface area (Å²) < 4.78 is 0.310. The molecule has 1 aromatic carbocycles. The standard InChI is InChI=1S/C44H65N9O16S/c1-7-8-9-10-11-12-28(54)18-44(69,42(66)67)40(63)49-24(3)35(59)45-14-13-43(68,41(64)65)39(62)50-25(4)38-52-29(22-70-38)37(61)47-19-33(57)48-23(2)36(60)46-20-34(58)51-27-15-26-16-31(55)32(56)17-30(26)53(5,6)21-27/h16-17,22-25,27-28,54,68-69H,7-15,18-21H2,1-6H3,(H10-,45,46,47,48,49,50,51,55,56,57,58,59,60,61,62,63,64,65,66,67)/p+1. The van der Waals surface area contributed by atoms with E-state index in [0.717, 1.165) is 55.2 Å². The number of phenols is 2. The van der Waals surface area contributed by atoms with Crippen molar-refractivity contribution in [3.63, 3.8) is 0 Å². The summed E-state index contributed by atoms with van der Waals surface area (Å²) in [6.45, 7) is 4.70. The molecule has 7 unspecified atom stereocenters. The highest BCUT2D eigenvalue weighted by atomic mass is 32.1. The predicted octanol–water partition coefficient (Wildman–Crippen LogP) is -1.86. The molecule has 25 nitrogen and oxygen atoms in total. The number of rotatable bonds is 27. The molecule has 2 aromatic rings. The largest absolute Gasteiger partial charge is 0.504 e. The van der Waals surface area contributed by atoms with E-state index in [4.69, 9.17) is 0 Å². The molecule has 3 rings (SSSR count). The van der Waals surface area contributed by atoms with E-state index in [0.29, 0.717) is 23.9 Å². The van der Waals surface area contributed by atoms with Crippen LogP contribution in [-0.4, -0.2) is 170 Å². The number of likely N-dealkylation sites (N-methyl/N-ethyl adjacent to an activating group) is 1. The van der Waals surface area contributed by atoms with Gasteiger partial charge in [0, 0.05) is 42.8 Å². The second-order valence-corrected chi connectivity index (χ2v) is 18.8. The van der Waals surface area contributed by atoms with Gasteiger partial charge in [-0.15, -0.1) is 11.3 Å². The van der Waals surface area contributed by atoms with Crippen molar-refractivity contribution in [2.45, 2.75) is 127 Å². The van der Waals surface area contributed by atoms with Crippen molar-refractivity contribution in [1.29, 1.82) is 0 Å². The molecule has 1 aliphatic heterocycles. The molecule has 26 heteroatoms. The number of carboxylic acid groups (broad SMARTS) is 2. The Morgan fingerprint density at radius 3 is 2.01 bits per heavy atom. The summed E-state index contributed by atoms with van der Waals surface area (Å²) in [5.41, 5.74) is -4.87. The first-order chi connectivity index (χ1) is 32.6. The number of carbonyl (C=O) groups is 9.